The first kappa shape index (κ1) is 16.3. The lowest BCUT2D eigenvalue weighted by Gasteiger charge is -2.64. The predicted molar refractivity (Wildman–Crippen MR) is 99.7 cm³/mol. The fourth-order valence-corrected chi connectivity index (χ4v) is 6.99. The van der Waals surface area contributed by atoms with Gasteiger partial charge in [-0.1, -0.05) is 41.9 Å². The van der Waals surface area contributed by atoms with E-state index in [0.717, 1.165) is 35.2 Å². The van der Waals surface area contributed by atoms with Gasteiger partial charge in [0.15, 0.2) is 0 Å². The third-order valence-electron chi connectivity index (χ3n) is 6.34. The third kappa shape index (κ3) is 2.83. The normalized spacial score (nSPS) is 40.2. The van der Waals surface area contributed by atoms with Crippen LogP contribution >= 0.6 is 15.9 Å². The molecule has 1 aromatic carbocycles. The minimum absolute atomic E-state index is 0.135. The Morgan fingerprint density at radius 2 is 1.92 bits per heavy atom. The summed E-state index contributed by atoms with van der Waals surface area (Å²) >= 11 is 3.45. The molecule has 1 N–H and O–H groups in total. The van der Waals surface area contributed by atoms with Crippen LogP contribution in [0.15, 0.2) is 33.8 Å². The minimum Gasteiger partial charge on any atom is -0.273 e. The molecule has 24 heavy (non-hydrogen) atoms. The van der Waals surface area contributed by atoms with E-state index in [1.165, 1.54) is 19.3 Å². The Hall–Kier alpha value is -1.16. The van der Waals surface area contributed by atoms with Gasteiger partial charge in [-0.2, -0.15) is 5.10 Å². The average Bonchev–Trinajstić information content (AvgIpc) is 2.43. The lowest BCUT2D eigenvalue weighted by Crippen LogP contribution is -2.59. The van der Waals surface area contributed by atoms with Crippen molar-refractivity contribution in [3.63, 3.8) is 0 Å². The summed E-state index contributed by atoms with van der Waals surface area (Å²) in [6.45, 7) is 4.78. The molecule has 4 fully saturated rings. The van der Waals surface area contributed by atoms with Gasteiger partial charge in [0.05, 0.1) is 11.6 Å². The zero-order chi connectivity index (χ0) is 17.0. The van der Waals surface area contributed by atoms with Gasteiger partial charge < -0.3 is 0 Å². The second-order valence-corrected chi connectivity index (χ2v) is 10.1. The van der Waals surface area contributed by atoms with Crippen LogP contribution in [-0.2, 0) is 4.79 Å². The first-order valence-corrected chi connectivity index (χ1v) is 9.68. The fraction of sp³-hybridized carbons (Fsp3) is 0.600. The van der Waals surface area contributed by atoms with Gasteiger partial charge in [-0.3, -0.25) is 4.79 Å². The summed E-state index contributed by atoms with van der Waals surface area (Å²) in [6.07, 6.45) is 8.74. The summed E-state index contributed by atoms with van der Waals surface area (Å²) in [7, 11) is 0. The molecule has 0 spiro atoms. The van der Waals surface area contributed by atoms with E-state index >= 15 is 0 Å². The van der Waals surface area contributed by atoms with Crippen LogP contribution in [0.25, 0.3) is 0 Å². The number of hydrogen-bond acceptors (Lipinski definition) is 2. The zero-order valence-corrected chi connectivity index (χ0v) is 16.0. The number of carbonyl (C=O) groups excluding carboxylic acids is 1. The van der Waals surface area contributed by atoms with Crippen LogP contribution in [0.1, 0.15) is 57.9 Å². The molecule has 2 atom stereocenters. The Morgan fingerprint density at radius 1 is 1.21 bits per heavy atom. The van der Waals surface area contributed by atoms with Crippen LogP contribution in [0.3, 0.4) is 0 Å². The van der Waals surface area contributed by atoms with Crippen LogP contribution in [0.5, 0.6) is 0 Å². The van der Waals surface area contributed by atoms with E-state index in [4.69, 9.17) is 0 Å². The monoisotopic (exact) mass is 388 g/mol. The van der Waals surface area contributed by atoms with Gasteiger partial charge in [0, 0.05) is 4.47 Å². The van der Waals surface area contributed by atoms with Crippen LogP contribution < -0.4 is 5.43 Å². The molecule has 0 aromatic heterocycles. The number of carbonyl (C=O) groups is 1. The molecule has 4 heteroatoms. The van der Waals surface area contributed by atoms with Crippen molar-refractivity contribution in [2.45, 2.75) is 52.4 Å². The Bertz CT molecular complexity index is 695. The smallest absolute Gasteiger partial charge is 0.246 e. The Balaban J connectivity index is 1.50. The Kier molecular flexibility index (Phi) is 3.68. The maximum atomic E-state index is 13.0. The molecular weight excluding hydrogens is 364 g/mol. The molecule has 5 rings (SSSR count). The summed E-state index contributed by atoms with van der Waals surface area (Å²) in [4.78, 5) is 13.0. The first-order chi connectivity index (χ1) is 11.3. The maximum Gasteiger partial charge on any atom is 0.246 e. The van der Waals surface area contributed by atoms with Crippen LogP contribution in [-0.4, -0.2) is 12.1 Å². The van der Waals surface area contributed by atoms with E-state index in [2.05, 4.69) is 40.3 Å². The minimum atomic E-state index is -0.197. The summed E-state index contributed by atoms with van der Waals surface area (Å²) in [5.41, 5.74) is 4.33. The molecule has 128 valence electrons. The van der Waals surface area contributed by atoms with E-state index in [0.29, 0.717) is 10.8 Å². The van der Waals surface area contributed by atoms with Crippen molar-refractivity contribution in [2.24, 2.45) is 27.3 Å². The number of halogens is 1. The van der Waals surface area contributed by atoms with Crippen molar-refractivity contribution in [1.29, 1.82) is 0 Å². The molecule has 1 amide bonds. The Morgan fingerprint density at radius 3 is 2.54 bits per heavy atom. The second-order valence-electron chi connectivity index (χ2n) is 9.16. The van der Waals surface area contributed by atoms with Crippen LogP contribution in [0.4, 0.5) is 0 Å². The number of hydrogen-bond donors (Lipinski definition) is 1. The molecule has 2 unspecified atom stereocenters. The summed E-state index contributed by atoms with van der Waals surface area (Å²) in [5.74, 6) is 0.853. The molecule has 3 nitrogen and oxygen atoms in total. The van der Waals surface area contributed by atoms with Gasteiger partial charge >= 0.3 is 0 Å². The molecule has 1 aromatic rings. The van der Waals surface area contributed by atoms with Crippen molar-refractivity contribution in [3.8, 4) is 0 Å². The molecular formula is C20H25BrN2O. The van der Waals surface area contributed by atoms with Crippen LogP contribution in [0, 0.1) is 22.2 Å². The quantitative estimate of drug-likeness (QED) is 0.580. The number of nitrogens with one attached hydrogen (secondary N) is 1. The largest absolute Gasteiger partial charge is 0.273 e. The number of hydrazone groups is 1. The molecule has 4 bridgehead atoms. The summed E-state index contributed by atoms with van der Waals surface area (Å²) < 4.78 is 1.01. The van der Waals surface area contributed by atoms with Gasteiger partial charge in [-0.15, -0.1) is 0 Å². The van der Waals surface area contributed by atoms with E-state index < -0.39 is 0 Å². The molecule has 4 saturated carbocycles. The van der Waals surface area contributed by atoms with E-state index in [-0.39, 0.29) is 11.3 Å². The molecule has 0 saturated heterocycles. The lowest BCUT2D eigenvalue weighted by molar-refractivity contribution is -0.170. The van der Waals surface area contributed by atoms with Crippen molar-refractivity contribution >= 4 is 28.1 Å². The standard InChI is InChI=1S/C20H25BrN2O/c1-18-7-15-8-19(2,11-18)13-20(9-15,12-18)17(24)23-22-10-14-4-3-5-16(21)6-14/h3-6,10,15H,7-9,11-13H2,1-2H3,(H,23,24)/b22-10+. The predicted octanol–water partition coefficient (Wildman–Crippen LogP) is 4.90. The van der Waals surface area contributed by atoms with Gasteiger partial charge in [0.2, 0.25) is 5.91 Å². The van der Waals surface area contributed by atoms with Gasteiger partial charge in [-0.05, 0) is 73.0 Å². The maximum absolute atomic E-state index is 13.0. The Labute approximate surface area is 152 Å². The van der Waals surface area contributed by atoms with Gasteiger partial charge in [0.25, 0.3) is 0 Å². The highest BCUT2D eigenvalue weighted by molar-refractivity contribution is 9.10. The summed E-state index contributed by atoms with van der Waals surface area (Å²) in [6, 6.07) is 7.91. The number of benzene rings is 1. The summed E-state index contributed by atoms with van der Waals surface area (Å²) in [5, 5.41) is 4.24. The highest BCUT2D eigenvalue weighted by atomic mass is 79.9. The lowest BCUT2D eigenvalue weighted by atomic mass is 9.40. The number of rotatable bonds is 3. The number of nitrogens with zero attached hydrogens (tertiary/aromatic N) is 1. The zero-order valence-electron chi connectivity index (χ0n) is 14.4. The molecule has 4 aliphatic rings. The molecule has 0 aliphatic heterocycles. The van der Waals surface area contributed by atoms with Crippen molar-refractivity contribution < 1.29 is 4.79 Å². The van der Waals surface area contributed by atoms with Crippen molar-refractivity contribution in [1.82, 2.24) is 5.43 Å². The van der Waals surface area contributed by atoms with E-state index in [9.17, 15) is 4.79 Å². The van der Waals surface area contributed by atoms with Gasteiger partial charge in [-0.25, -0.2) is 5.43 Å². The third-order valence-corrected chi connectivity index (χ3v) is 6.83. The van der Waals surface area contributed by atoms with E-state index in [1.54, 1.807) is 6.21 Å². The topological polar surface area (TPSA) is 41.5 Å². The van der Waals surface area contributed by atoms with Gasteiger partial charge in [0.1, 0.15) is 0 Å². The SMILES string of the molecule is CC12CC3CC(C)(C1)CC(C(=O)N/N=C/c1cccc(Br)c1)(C3)C2. The first-order valence-electron chi connectivity index (χ1n) is 8.89. The molecule has 0 heterocycles. The fourth-order valence-electron chi connectivity index (χ4n) is 6.57. The van der Waals surface area contributed by atoms with E-state index in [1.807, 2.05) is 24.3 Å². The highest BCUT2D eigenvalue weighted by Crippen LogP contribution is 2.69. The molecule has 0 radical (unpaired) electrons. The molecule has 4 aliphatic carbocycles. The second kappa shape index (κ2) is 5.42. The van der Waals surface area contributed by atoms with Crippen molar-refractivity contribution in [2.75, 3.05) is 0 Å². The van der Waals surface area contributed by atoms with Crippen molar-refractivity contribution in [3.05, 3.63) is 34.3 Å². The average molecular weight is 389 g/mol. The number of amides is 1. The highest BCUT2D eigenvalue weighted by Gasteiger charge is 2.62. The van der Waals surface area contributed by atoms with Crippen LogP contribution in [0.2, 0.25) is 0 Å².